The minimum absolute atomic E-state index is 0.0832. The van der Waals surface area contributed by atoms with Crippen LogP contribution in [0.15, 0.2) is 72.2 Å². The largest absolute Gasteiger partial charge is 0.349 e. The highest BCUT2D eigenvalue weighted by atomic mass is 32.2. The van der Waals surface area contributed by atoms with Crippen LogP contribution < -0.4 is 9.62 Å². The lowest BCUT2D eigenvalue weighted by Crippen LogP contribution is -2.43. The van der Waals surface area contributed by atoms with Crippen LogP contribution in [0.1, 0.15) is 25.0 Å². The van der Waals surface area contributed by atoms with Crippen molar-refractivity contribution in [2.75, 3.05) is 10.8 Å². The van der Waals surface area contributed by atoms with E-state index in [1.54, 1.807) is 26.0 Å². The number of para-hydroxylation sites is 1. The molecule has 140 valence electrons. The van der Waals surface area contributed by atoms with E-state index in [0.717, 1.165) is 0 Å². The summed E-state index contributed by atoms with van der Waals surface area (Å²) in [4.78, 5) is 12.7. The molecule has 0 fully saturated rings. The summed E-state index contributed by atoms with van der Waals surface area (Å²) < 4.78 is 28.1. The first-order valence-electron chi connectivity index (χ1n) is 8.71. The molecule has 0 atom stereocenters. The number of nitrogens with zero attached hydrogens (tertiary/aromatic N) is 1. The van der Waals surface area contributed by atoms with Crippen molar-refractivity contribution in [3.05, 3.63) is 83.3 Å². The Morgan fingerprint density at radius 1 is 1.11 bits per heavy atom. The lowest BCUT2D eigenvalue weighted by atomic mass is 9.95. The predicted molar refractivity (Wildman–Crippen MR) is 109 cm³/mol. The predicted octanol–water partition coefficient (Wildman–Crippen LogP) is 3.31. The Hall–Kier alpha value is -2.86. The fourth-order valence-electron chi connectivity index (χ4n) is 3.16. The zero-order chi connectivity index (χ0) is 19.6. The number of nitrogens with one attached hydrogen (secondary N) is 1. The number of rotatable bonds is 5. The van der Waals surface area contributed by atoms with Crippen LogP contribution in [0.25, 0.3) is 5.57 Å². The first-order valence-corrected chi connectivity index (χ1v) is 10.2. The molecule has 0 spiro atoms. The van der Waals surface area contributed by atoms with Gasteiger partial charge in [-0.15, -0.1) is 6.58 Å². The lowest BCUT2D eigenvalue weighted by molar-refractivity contribution is -0.117. The van der Waals surface area contributed by atoms with Crippen LogP contribution in [0, 0.1) is 0 Å². The van der Waals surface area contributed by atoms with E-state index in [0.29, 0.717) is 22.4 Å². The number of fused-ring (bicyclic) bond motifs is 1. The molecule has 27 heavy (non-hydrogen) atoms. The maximum Gasteiger partial charge on any atom is 0.270 e. The van der Waals surface area contributed by atoms with E-state index in [1.807, 2.05) is 42.5 Å². The highest BCUT2D eigenvalue weighted by Crippen LogP contribution is 2.42. The summed E-state index contributed by atoms with van der Waals surface area (Å²) in [5.41, 5.74) is 2.34. The average Bonchev–Trinajstić information content (AvgIpc) is 2.63. The molecular weight excluding hydrogens is 360 g/mol. The van der Waals surface area contributed by atoms with Crippen molar-refractivity contribution in [2.24, 2.45) is 0 Å². The second kappa shape index (κ2) is 7.40. The Labute approximate surface area is 160 Å². The lowest BCUT2D eigenvalue weighted by Gasteiger charge is -2.33. The van der Waals surface area contributed by atoms with Gasteiger partial charge in [0, 0.05) is 17.2 Å². The van der Waals surface area contributed by atoms with Gasteiger partial charge in [-0.1, -0.05) is 54.6 Å². The second-order valence-corrected chi connectivity index (χ2v) is 8.34. The summed E-state index contributed by atoms with van der Waals surface area (Å²) in [6, 6.07) is 16.1. The summed E-state index contributed by atoms with van der Waals surface area (Å²) in [6.07, 6.45) is 1.51. The standard InChI is InChI=1S/C21H22N2O3S/c1-4-14-23-18-13-9-8-12-17(18)19(16-10-6-5-7-11-16)20(27(23,25)26)21(24)22-15(2)3/h4-13,15H,1,14H2,2-3H3,(H,22,24). The molecule has 0 bridgehead atoms. The van der Waals surface area contributed by atoms with Crippen molar-refractivity contribution >= 4 is 27.2 Å². The Morgan fingerprint density at radius 3 is 2.37 bits per heavy atom. The zero-order valence-corrected chi connectivity index (χ0v) is 16.2. The Balaban J connectivity index is 2.39. The van der Waals surface area contributed by atoms with Gasteiger partial charge in [-0.25, -0.2) is 8.42 Å². The second-order valence-electron chi connectivity index (χ2n) is 6.54. The smallest absolute Gasteiger partial charge is 0.270 e. The summed E-state index contributed by atoms with van der Waals surface area (Å²) in [7, 11) is -4.05. The monoisotopic (exact) mass is 382 g/mol. The Morgan fingerprint density at radius 2 is 1.74 bits per heavy atom. The fourth-order valence-corrected chi connectivity index (χ4v) is 4.88. The van der Waals surface area contributed by atoms with Crippen molar-refractivity contribution < 1.29 is 13.2 Å². The highest BCUT2D eigenvalue weighted by molar-refractivity contribution is 7.97. The third-order valence-corrected chi connectivity index (χ3v) is 6.03. The molecule has 2 aromatic carbocycles. The van der Waals surface area contributed by atoms with E-state index in [-0.39, 0.29) is 17.5 Å². The highest BCUT2D eigenvalue weighted by Gasteiger charge is 2.40. The molecular formula is C21H22N2O3S. The third-order valence-electron chi connectivity index (χ3n) is 4.20. The van der Waals surface area contributed by atoms with Crippen LogP contribution in [-0.4, -0.2) is 26.9 Å². The zero-order valence-electron chi connectivity index (χ0n) is 15.3. The summed E-state index contributed by atoms with van der Waals surface area (Å²) in [6.45, 7) is 7.34. The normalized spacial score (nSPS) is 15.4. The molecule has 0 aliphatic carbocycles. The summed E-state index contributed by atoms with van der Waals surface area (Å²) in [5.74, 6) is -0.604. The van der Waals surface area contributed by atoms with E-state index in [1.165, 1.54) is 10.4 Å². The molecule has 3 rings (SSSR count). The van der Waals surface area contributed by atoms with Crippen molar-refractivity contribution in [1.29, 1.82) is 0 Å². The van der Waals surface area contributed by atoms with Crippen LogP contribution in [0.3, 0.4) is 0 Å². The average molecular weight is 382 g/mol. The SMILES string of the molecule is C=CCN1c2ccccc2C(c2ccccc2)=C(C(=O)NC(C)C)S1(=O)=O. The van der Waals surface area contributed by atoms with E-state index < -0.39 is 15.9 Å². The van der Waals surface area contributed by atoms with Gasteiger partial charge in [-0.3, -0.25) is 9.10 Å². The van der Waals surface area contributed by atoms with E-state index in [4.69, 9.17) is 0 Å². The summed E-state index contributed by atoms with van der Waals surface area (Å²) >= 11 is 0. The van der Waals surface area contributed by atoms with Gasteiger partial charge >= 0.3 is 0 Å². The molecule has 1 N–H and O–H groups in total. The quantitative estimate of drug-likeness (QED) is 0.807. The van der Waals surface area contributed by atoms with Gasteiger partial charge in [0.2, 0.25) is 0 Å². The molecule has 0 saturated heterocycles. The van der Waals surface area contributed by atoms with Crippen molar-refractivity contribution in [3.63, 3.8) is 0 Å². The van der Waals surface area contributed by atoms with Crippen molar-refractivity contribution in [2.45, 2.75) is 19.9 Å². The van der Waals surface area contributed by atoms with Crippen molar-refractivity contribution in [1.82, 2.24) is 5.32 Å². The molecule has 0 unspecified atom stereocenters. The van der Waals surface area contributed by atoms with Crippen LogP contribution in [-0.2, 0) is 14.8 Å². The minimum Gasteiger partial charge on any atom is -0.349 e. The van der Waals surface area contributed by atoms with Gasteiger partial charge in [0.15, 0.2) is 4.91 Å². The molecule has 6 heteroatoms. The van der Waals surface area contributed by atoms with Gasteiger partial charge in [0.1, 0.15) is 0 Å². The van der Waals surface area contributed by atoms with Crippen molar-refractivity contribution in [3.8, 4) is 0 Å². The first kappa shape index (κ1) is 18.9. The maximum absolute atomic E-state index is 13.4. The van der Waals surface area contributed by atoms with Gasteiger partial charge in [-0.05, 0) is 25.5 Å². The number of benzene rings is 2. The number of amides is 1. The van der Waals surface area contributed by atoms with E-state index in [9.17, 15) is 13.2 Å². The van der Waals surface area contributed by atoms with Gasteiger partial charge < -0.3 is 5.32 Å². The minimum atomic E-state index is -4.05. The van der Waals surface area contributed by atoms with Crippen LogP contribution in [0.5, 0.6) is 0 Å². The number of anilines is 1. The van der Waals surface area contributed by atoms with Crippen LogP contribution in [0.2, 0.25) is 0 Å². The number of carbonyl (C=O) groups is 1. The third kappa shape index (κ3) is 3.40. The Bertz CT molecular complexity index is 1010. The maximum atomic E-state index is 13.4. The van der Waals surface area contributed by atoms with Gasteiger partial charge in [-0.2, -0.15) is 0 Å². The summed E-state index contributed by atoms with van der Waals surface area (Å²) in [5, 5.41) is 2.73. The number of hydrogen-bond donors (Lipinski definition) is 1. The number of carbonyl (C=O) groups excluding carboxylic acids is 1. The number of hydrogen-bond acceptors (Lipinski definition) is 3. The van der Waals surface area contributed by atoms with E-state index >= 15 is 0 Å². The van der Waals surface area contributed by atoms with E-state index in [2.05, 4.69) is 11.9 Å². The number of sulfonamides is 1. The molecule has 1 aliphatic heterocycles. The Kier molecular flexibility index (Phi) is 5.19. The molecule has 1 heterocycles. The van der Waals surface area contributed by atoms with Crippen LogP contribution in [0.4, 0.5) is 5.69 Å². The molecule has 1 aliphatic rings. The molecule has 0 radical (unpaired) electrons. The first-order chi connectivity index (χ1) is 12.9. The molecule has 0 saturated carbocycles. The van der Waals surface area contributed by atoms with Gasteiger partial charge in [0.05, 0.1) is 12.2 Å². The molecule has 1 amide bonds. The van der Waals surface area contributed by atoms with Crippen LogP contribution >= 0.6 is 0 Å². The topological polar surface area (TPSA) is 66.5 Å². The van der Waals surface area contributed by atoms with Gasteiger partial charge in [0.25, 0.3) is 15.9 Å². The fraction of sp³-hybridized carbons (Fsp3) is 0.190. The molecule has 0 aromatic heterocycles. The molecule has 2 aromatic rings. The molecule has 5 nitrogen and oxygen atoms in total.